The molecule has 0 aliphatic rings. The van der Waals surface area contributed by atoms with E-state index in [0.29, 0.717) is 24.5 Å². The molecule has 0 unspecified atom stereocenters. The van der Waals surface area contributed by atoms with Crippen LogP contribution < -0.4 is 15.4 Å². The Kier molecular flexibility index (Phi) is 11.0. The molecule has 176 valence electrons. The van der Waals surface area contributed by atoms with Crippen LogP contribution in [0, 0.1) is 0 Å². The van der Waals surface area contributed by atoms with Gasteiger partial charge in [-0.05, 0) is 30.7 Å². The molecule has 0 amide bonds. The van der Waals surface area contributed by atoms with Crippen molar-refractivity contribution in [3.63, 3.8) is 0 Å². The van der Waals surface area contributed by atoms with Crippen molar-refractivity contribution >= 4 is 23.3 Å². The number of nitrogens with zero attached hydrogens (tertiary/aromatic N) is 3. The van der Waals surface area contributed by atoms with E-state index in [4.69, 9.17) is 4.74 Å². The van der Waals surface area contributed by atoms with Gasteiger partial charge in [0.05, 0.1) is 6.61 Å². The summed E-state index contributed by atoms with van der Waals surface area (Å²) in [5.41, 5.74) is 1.82. The maximum Gasteiger partial charge on any atom is 0.323 e. The van der Waals surface area contributed by atoms with Crippen molar-refractivity contribution in [1.29, 1.82) is 0 Å². The molecule has 2 N–H and O–H groups in total. The summed E-state index contributed by atoms with van der Waals surface area (Å²) in [6.07, 6.45) is 12.9. The second-order valence-corrected chi connectivity index (χ2v) is 8.28. The number of unbranched alkanes of at least 4 members (excludes halogenated alkanes) is 9. The molecule has 0 fully saturated rings. The van der Waals surface area contributed by atoms with Crippen molar-refractivity contribution in [3.05, 3.63) is 60.7 Å². The van der Waals surface area contributed by atoms with Gasteiger partial charge in [-0.1, -0.05) is 101 Å². The Morgan fingerprint density at radius 1 is 0.576 bits per heavy atom. The van der Waals surface area contributed by atoms with E-state index >= 15 is 0 Å². The fourth-order valence-corrected chi connectivity index (χ4v) is 3.59. The van der Waals surface area contributed by atoms with Crippen molar-refractivity contribution < 1.29 is 4.74 Å². The summed E-state index contributed by atoms with van der Waals surface area (Å²) >= 11 is 0. The van der Waals surface area contributed by atoms with E-state index in [2.05, 4.69) is 32.5 Å². The number of benzene rings is 2. The van der Waals surface area contributed by atoms with Crippen molar-refractivity contribution in [2.45, 2.75) is 71.1 Å². The van der Waals surface area contributed by atoms with E-state index in [1.54, 1.807) is 0 Å². The normalized spacial score (nSPS) is 10.7. The Labute approximate surface area is 198 Å². The molecule has 3 rings (SSSR count). The molecular formula is C27H37N5O. The first-order chi connectivity index (χ1) is 16.3. The van der Waals surface area contributed by atoms with Crippen molar-refractivity contribution in [1.82, 2.24) is 15.0 Å². The lowest BCUT2D eigenvalue weighted by Crippen LogP contribution is -2.08. The molecule has 0 radical (unpaired) electrons. The highest BCUT2D eigenvalue weighted by Gasteiger charge is 2.09. The number of hydrogen-bond acceptors (Lipinski definition) is 6. The van der Waals surface area contributed by atoms with Crippen LogP contribution in [0.25, 0.3) is 0 Å². The Balaban J connectivity index is 1.48. The maximum atomic E-state index is 5.89. The SMILES string of the molecule is CCCCCCCCCCCCOc1nc(Nc2ccccc2)nc(Nc2ccccc2)n1. The van der Waals surface area contributed by atoms with E-state index in [0.717, 1.165) is 17.8 Å². The summed E-state index contributed by atoms with van der Waals surface area (Å²) in [6.45, 7) is 2.87. The standard InChI is InChI=1S/C27H37N5O/c1-2-3-4-5-6-7-8-9-10-17-22-33-27-31-25(28-23-18-13-11-14-19-23)30-26(32-27)29-24-20-15-12-16-21-24/h11-16,18-21H,2-10,17,22H2,1H3,(H2,28,29,30,31,32). The highest BCUT2D eigenvalue weighted by atomic mass is 16.5. The third kappa shape index (κ3) is 9.89. The minimum Gasteiger partial charge on any atom is -0.463 e. The summed E-state index contributed by atoms with van der Waals surface area (Å²) in [6, 6.07) is 20.0. The second kappa shape index (κ2) is 14.8. The molecule has 2 aromatic carbocycles. The molecular weight excluding hydrogens is 410 g/mol. The quantitative estimate of drug-likeness (QED) is 0.220. The number of aromatic nitrogens is 3. The first kappa shape index (κ1) is 24.5. The fourth-order valence-electron chi connectivity index (χ4n) is 3.59. The Morgan fingerprint density at radius 3 is 1.52 bits per heavy atom. The highest BCUT2D eigenvalue weighted by Crippen LogP contribution is 2.19. The van der Waals surface area contributed by atoms with Crippen molar-refractivity contribution in [2.75, 3.05) is 17.2 Å². The van der Waals surface area contributed by atoms with Gasteiger partial charge < -0.3 is 15.4 Å². The van der Waals surface area contributed by atoms with Gasteiger partial charge in [0.1, 0.15) is 0 Å². The van der Waals surface area contributed by atoms with Crippen LogP contribution in [0.1, 0.15) is 71.1 Å². The van der Waals surface area contributed by atoms with Gasteiger partial charge in [-0.15, -0.1) is 0 Å². The van der Waals surface area contributed by atoms with Gasteiger partial charge in [-0.25, -0.2) is 0 Å². The lowest BCUT2D eigenvalue weighted by atomic mass is 10.1. The largest absolute Gasteiger partial charge is 0.463 e. The van der Waals surface area contributed by atoms with Gasteiger partial charge >= 0.3 is 6.01 Å². The zero-order valence-corrected chi connectivity index (χ0v) is 19.8. The van der Waals surface area contributed by atoms with E-state index in [9.17, 15) is 0 Å². The fraction of sp³-hybridized carbons (Fsp3) is 0.444. The number of ether oxygens (including phenoxy) is 1. The molecule has 33 heavy (non-hydrogen) atoms. The summed E-state index contributed by atoms with van der Waals surface area (Å²) in [5, 5.41) is 6.46. The molecule has 3 aromatic rings. The van der Waals surface area contributed by atoms with Crippen LogP contribution in [0.3, 0.4) is 0 Å². The topological polar surface area (TPSA) is 72.0 Å². The van der Waals surface area contributed by atoms with Crippen LogP contribution in [0.15, 0.2) is 60.7 Å². The third-order valence-electron chi connectivity index (χ3n) is 5.40. The molecule has 0 aliphatic carbocycles. The first-order valence-corrected chi connectivity index (χ1v) is 12.4. The maximum absolute atomic E-state index is 5.89. The molecule has 0 spiro atoms. The van der Waals surface area contributed by atoms with E-state index in [1.165, 1.54) is 57.8 Å². The van der Waals surface area contributed by atoms with Gasteiger partial charge in [0.15, 0.2) is 0 Å². The van der Waals surface area contributed by atoms with Gasteiger partial charge in [-0.2, -0.15) is 15.0 Å². The van der Waals surface area contributed by atoms with Crippen LogP contribution in [0.2, 0.25) is 0 Å². The molecule has 0 saturated carbocycles. The highest BCUT2D eigenvalue weighted by molar-refractivity contribution is 5.57. The summed E-state index contributed by atoms with van der Waals surface area (Å²) in [5.74, 6) is 0.903. The lowest BCUT2D eigenvalue weighted by Gasteiger charge is -2.11. The minimum atomic E-state index is 0.331. The molecule has 1 aromatic heterocycles. The molecule has 0 saturated heterocycles. The summed E-state index contributed by atoms with van der Waals surface area (Å²) in [7, 11) is 0. The predicted molar refractivity (Wildman–Crippen MR) is 137 cm³/mol. The average Bonchev–Trinajstić information content (AvgIpc) is 2.84. The Morgan fingerprint density at radius 2 is 1.03 bits per heavy atom. The van der Waals surface area contributed by atoms with Gasteiger partial charge in [0.25, 0.3) is 0 Å². The third-order valence-corrected chi connectivity index (χ3v) is 5.40. The summed E-state index contributed by atoms with van der Waals surface area (Å²) in [4.78, 5) is 13.4. The number of hydrogen-bond donors (Lipinski definition) is 2. The van der Waals surface area contributed by atoms with Gasteiger partial charge in [-0.3, -0.25) is 0 Å². The van der Waals surface area contributed by atoms with Crippen LogP contribution in [-0.2, 0) is 0 Å². The molecule has 6 nitrogen and oxygen atoms in total. The minimum absolute atomic E-state index is 0.331. The molecule has 6 heteroatoms. The van der Waals surface area contributed by atoms with Crippen LogP contribution in [0.4, 0.5) is 23.3 Å². The molecule has 0 atom stereocenters. The molecule has 0 bridgehead atoms. The molecule has 1 heterocycles. The lowest BCUT2D eigenvalue weighted by molar-refractivity contribution is 0.281. The van der Waals surface area contributed by atoms with Gasteiger partial charge in [0, 0.05) is 11.4 Å². The van der Waals surface area contributed by atoms with Crippen LogP contribution in [0.5, 0.6) is 6.01 Å². The van der Waals surface area contributed by atoms with E-state index in [-0.39, 0.29) is 0 Å². The monoisotopic (exact) mass is 447 g/mol. The van der Waals surface area contributed by atoms with Crippen LogP contribution in [-0.4, -0.2) is 21.6 Å². The van der Waals surface area contributed by atoms with E-state index in [1.807, 2.05) is 60.7 Å². The van der Waals surface area contributed by atoms with E-state index < -0.39 is 0 Å². The number of para-hydroxylation sites is 2. The summed E-state index contributed by atoms with van der Waals surface area (Å²) < 4.78 is 5.89. The van der Waals surface area contributed by atoms with Crippen molar-refractivity contribution in [2.24, 2.45) is 0 Å². The zero-order valence-electron chi connectivity index (χ0n) is 19.8. The number of anilines is 4. The van der Waals surface area contributed by atoms with Crippen LogP contribution >= 0.6 is 0 Å². The van der Waals surface area contributed by atoms with Gasteiger partial charge in [0.2, 0.25) is 11.9 Å². The van der Waals surface area contributed by atoms with Crippen molar-refractivity contribution in [3.8, 4) is 6.01 Å². The Bertz CT molecular complexity index is 845. The molecule has 0 aliphatic heterocycles. The smallest absolute Gasteiger partial charge is 0.323 e. The predicted octanol–water partition coefficient (Wildman–Crippen LogP) is 7.66. The Hall–Kier alpha value is -3.15. The zero-order chi connectivity index (χ0) is 23.0. The first-order valence-electron chi connectivity index (χ1n) is 12.4. The number of nitrogens with one attached hydrogen (secondary N) is 2. The number of rotatable bonds is 16. The average molecular weight is 448 g/mol. The second-order valence-electron chi connectivity index (χ2n) is 8.28.